The Labute approximate surface area is 221 Å². The smallest absolute Gasteiger partial charge is 0.309 e. The molecule has 2 aromatic heterocycles. The molecule has 1 aliphatic heterocycles. The lowest BCUT2D eigenvalue weighted by Crippen LogP contribution is -2.43. The van der Waals surface area contributed by atoms with Gasteiger partial charge < -0.3 is 19.5 Å². The number of carbonyl (C=O) groups is 1. The summed E-state index contributed by atoms with van der Waals surface area (Å²) in [5.74, 6) is 1.92. The first-order valence-electron chi connectivity index (χ1n) is 12.0. The van der Waals surface area contributed by atoms with E-state index in [2.05, 4.69) is 23.5 Å². The molecule has 0 bridgehead atoms. The van der Waals surface area contributed by atoms with Crippen LogP contribution in [-0.4, -0.2) is 40.7 Å². The largest absolute Gasteiger partial charge is 0.493 e. The van der Waals surface area contributed by atoms with Crippen LogP contribution in [0.15, 0.2) is 59.6 Å². The van der Waals surface area contributed by atoms with Gasteiger partial charge in [-0.25, -0.2) is 9.97 Å². The molecule has 4 rings (SSSR count). The highest BCUT2D eigenvalue weighted by atomic mass is 35.5. The van der Waals surface area contributed by atoms with Gasteiger partial charge in [-0.2, -0.15) is 0 Å². The monoisotopic (exact) mass is 526 g/mol. The second-order valence-electron chi connectivity index (χ2n) is 9.62. The molecule has 1 saturated heterocycles. The molecule has 0 unspecified atom stereocenters. The number of pyridine rings is 2. The number of halogens is 1. The van der Waals surface area contributed by atoms with E-state index in [1.165, 1.54) is 11.9 Å². The van der Waals surface area contributed by atoms with Crippen molar-refractivity contribution >= 4 is 41.2 Å². The Bertz CT molecular complexity index is 1220. The van der Waals surface area contributed by atoms with Gasteiger partial charge in [-0.15, -0.1) is 0 Å². The van der Waals surface area contributed by atoms with Crippen molar-refractivity contribution in [3.63, 3.8) is 0 Å². The number of benzene rings is 1. The van der Waals surface area contributed by atoms with E-state index >= 15 is 0 Å². The number of aromatic nitrogens is 2. The highest BCUT2D eigenvalue weighted by molar-refractivity contribution is 8.00. The summed E-state index contributed by atoms with van der Waals surface area (Å²) in [6.07, 6.45) is 1.19. The van der Waals surface area contributed by atoms with Gasteiger partial charge in [-0.1, -0.05) is 43.6 Å². The SMILES string of the molecule is CC(C)COc1ccccc1-c1nc(NSc2cccc(N3CCC(C)(C(=O)O)CC3)n2)ccc1Cl. The van der Waals surface area contributed by atoms with E-state index in [9.17, 15) is 9.90 Å². The molecule has 190 valence electrons. The lowest BCUT2D eigenvalue weighted by molar-refractivity contribution is -0.149. The minimum Gasteiger partial charge on any atom is -0.493 e. The van der Waals surface area contributed by atoms with Crippen LogP contribution in [0.25, 0.3) is 11.3 Å². The van der Waals surface area contributed by atoms with Crippen LogP contribution in [-0.2, 0) is 4.79 Å². The van der Waals surface area contributed by atoms with Gasteiger partial charge in [0.25, 0.3) is 0 Å². The predicted molar refractivity (Wildman–Crippen MR) is 146 cm³/mol. The Kier molecular flexibility index (Phi) is 8.26. The van der Waals surface area contributed by atoms with Crippen molar-refractivity contribution in [3.8, 4) is 17.0 Å². The first-order valence-corrected chi connectivity index (χ1v) is 13.2. The zero-order valence-electron chi connectivity index (χ0n) is 20.7. The van der Waals surface area contributed by atoms with Crippen LogP contribution in [0.5, 0.6) is 5.75 Å². The Morgan fingerprint density at radius 1 is 1.14 bits per heavy atom. The Balaban J connectivity index is 1.45. The number of carboxylic acids is 1. The fraction of sp³-hybridized carbons (Fsp3) is 0.370. The summed E-state index contributed by atoms with van der Waals surface area (Å²) in [5.41, 5.74) is 0.828. The van der Waals surface area contributed by atoms with Crippen LogP contribution in [0, 0.1) is 11.3 Å². The number of nitrogens with one attached hydrogen (secondary N) is 1. The number of para-hydroxylation sites is 1. The van der Waals surface area contributed by atoms with Crippen LogP contribution in [0.4, 0.5) is 11.6 Å². The zero-order valence-corrected chi connectivity index (χ0v) is 22.3. The van der Waals surface area contributed by atoms with E-state index < -0.39 is 11.4 Å². The van der Waals surface area contributed by atoms with Crippen molar-refractivity contribution in [1.29, 1.82) is 0 Å². The molecule has 0 amide bonds. The summed E-state index contributed by atoms with van der Waals surface area (Å²) in [6.45, 7) is 7.97. The second-order valence-corrected chi connectivity index (χ2v) is 10.9. The van der Waals surface area contributed by atoms with E-state index in [1.807, 2.05) is 61.5 Å². The van der Waals surface area contributed by atoms with Gasteiger partial charge >= 0.3 is 5.97 Å². The number of rotatable bonds is 9. The van der Waals surface area contributed by atoms with Gasteiger partial charge in [0.1, 0.15) is 22.4 Å². The highest BCUT2D eigenvalue weighted by Gasteiger charge is 2.37. The third-order valence-electron chi connectivity index (χ3n) is 6.24. The fourth-order valence-electron chi connectivity index (χ4n) is 3.92. The molecule has 0 saturated carbocycles. The summed E-state index contributed by atoms with van der Waals surface area (Å²) in [6, 6.07) is 17.3. The quantitative estimate of drug-likeness (QED) is 0.300. The van der Waals surface area contributed by atoms with E-state index in [1.54, 1.807) is 0 Å². The average molecular weight is 527 g/mol. The summed E-state index contributed by atoms with van der Waals surface area (Å²) in [4.78, 5) is 23.2. The first kappa shape index (κ1) is 26.1. The van der Waals surface area contributed by atoms with Crippen molar-refractivity contribution < 1.29 is 14.6 Å². The molecular formula is C27H31ClN4O3S. The van der Waals surface area contributed by atoms with E-state index in [-0.39, 0.29) is 0 Å². The van der Waals surface area contributed by atoms with Gasteiger partial charge in [-0.3, -0.25) is 4.79 Å². The highest BCUT2D eigenvalue weighted by Crippen LogP contribution is 2.36. The number of aliphatic carboxylic acids is 1. The van der Waals surface area contributed by atoms with Crippen molar-refractivity contribution in [2.45, 2.75) is 38.6 Å². The Morgan fingerprint density at radius 3 is 2.61 bits per heavy atom. The zero-order chi connectivity index (χ0) is 25.7. The van der Waals surface area contributed by atoms with Crippen molar-refractivity contribution in [1.82, 2.24) is 9.97 Å². The van der Waals surface area contributed by atoms with Crippen molar-refractivity contribution in [2.24, 2.45) is 11.3 Å². The molecule has 9 heteroatoms. The number of hydrogen-bond donors (Lipinski definition) is 2. The average Bonchev–Trinajstić information content (AvgIpc) is 2.88. The maximum absolute atomic E-state index is 11.5. The molecule has 1 aromatic carbocycles. The standard InChI is InChI=1S/C27H31ClN4O3S/c1-18(2)17-35-21-8-5-4-7-19(21)25-20(28)11-12-22(29-25)31-36-24-10-6-9-23(30-24)32-15-13-27(3,14-16-32)26(33)34/h4-12,18H,13-17H2,1-3H3,(H,29,31)(H,33,34). The first-order chi connectivity index (χ1) is 17.2. The Morgan fingerprint density at radius 2 is 1.89 bits per heavy atom. The van der Waals surface area contributed by atoms with Crippen LogP contribution in [0.2, 0.25) is 5.02 Å². The van der Waals surface area contributed by atoms with Crippen molar-refractivity contribution in [2.75, 3.05) is 29.3 Å². The molecule has 2 N–H and O–H groups in total. The molecular weight excluding hydrogens is 496 g/mol. The minimum absolute atomic E-state index is 0.403. The van der Waals surface area contributed by atoms with Crippen LogP contribution >= 0.6 is 23.5 Å². The molecule has 36 heavy (non-hydrogen) atoms. The van der Waals surface area contributed by atoms with Crippen molar-refractivity contribution in [3.05, 3.63) is 59.6 Å². The lowest BCUT2D eigenvalue weighted by Gasteiger charge is -2.37. The summed E-state index contributed by atoms with van der Waals surface area (Å²) < 4.78 is 9.28. The number of hydrogen-bond acceptors (Lipinski definition) is 7. The normalized spacial score (nSPS) is 15.1. The second kappa shape index (κ2) is 11.4. The third-order valence-corrected chi connectivity index (χ3v) is 7.29. The van der Waals surface area contributed by atoms with Crippen LogP contribution in [0.3, 0.4) is 0 Å². The van der Waals surface area contributed by atoms with Crippen LogP contribution < -0.4 is 14.4 Å². The molecule has 1 fully saturated rings. The van der Waals surface area contributed by atoms with Crippen LogP contribution in [0.1, 0.15) is 33.6 Å². The molecule has 3 aromatic rings. The topological polar surface area (TPSA) is 87.6 Å². The molecule has 0 atom stereocenters. The number of nitrogens with zero attached hydrogens (tertiary/aromatic N) is 3. The van der Waals surface area contributed by atoms with Gasteiger partial charge in [0.2, 0.25) is 0 Å². The lowest BCUT2D eigenvalue weighted by atomic mass is 9.80. The van der Waals surface area contributed by atoms with Gasteiger partial charge in [0.15, 0.2) is 0 Å². The molecule has 3 heterocycles. The Hall–Kier alpha value is -2.97. The maximum Gasteiger partial charge on any atom is 0.309 e. The third kappa shape index (κ3) is 6.23. The molecule has 1 aliphatic rings. The van der Waals surface area contributed by atoms with Gasteiger partial charge in [-0.05, 0) is 62.1 Å². The number of carboxylic acid groups (broad SMARTS) is 1. The maximum atomic E-state index is 11.5. The number of anilines is 2. The van der Waals surface area contributed by atoms with E-state index in [4.69, 9.17) is 26.3 Å². The number of piperidine rings is 1. The predicted octanol–water partition coefficient (Wildman–Crippen LogP) is 6.64. The summed E-state index contributed by atoms with van der Waals surface area (Å²) >= 11 is 7.89. The fourth-order valence-corrected chi connectivity index (χ4v) is 4.73. The van der Waals surface area contributed by atoms with Gasteiger partial charge in [0.05, 0.1) is 22.7 Å². The molecule has 0 spiro atoms. The summed E-state index contributed by atoms with van der Waals surface area (Å²) in [5, 5.41) is 10.8. The van der Waals surface area contributed by atoms with E-state index in [0.717, 1.165) is 22.2 Å². The summed E-state index contributed by atoms with van der Waals surface area (Å²) in [7, 11) is 0. The molecule has 0 aliphatic carbocycles. The van der Waals surface area contributed by atoms with E-state index in [0.29, 0.717) is 55.0 Å². The van der Waals surface area contributed by atoms with Gasteiger partial charge in [0, 0.05) is 30.6 Å². The number of ether oxygens (including phenoxy) is 1. The molecule has 7 nitrogen and oxygen atoms in total. The minimum atomic E-state index is -0.729. The molecule has 0 radical (unpaired) electrons.